The van der Waals surface area contributed by atoms with Gasteiger partial charge in [-0.25, -0.2) is 0 Å². The Kier molecular flexibility index (Phi) is 7.41. The molecular weight excluding hydrogens is 466 g/mol. The molecule has 0 aromatic heterocycles. The zero-order valence-corrected chi connectivity index (χ0v) is 21.0. The fourth-order valence-electron chi connectivity index (χ4n) is 4.74. The Morgan fingerprint density at radius 1 is 1.06 bits per heavy atom. The number of hydrogen-bond acceptors (Lipinski definition) is 9. The van der Waals surface area contributed by atoms with E-state index in [4.69, 9.17) is 4.74 Å². The molecular formula is C25H33N5O6. The zero-order chi connectivity index (χ0) is 26.0. The monoisotopic (exact) mass is 499 g/mol. The second-order valence-electron chi connectivity index (χ2n) is 10.3. The van der Waals surface area contributed by atoms with Gasteiger partial charge in [-0.1, -0.05) is 6.07 Å². The third kappa shape index (κ3) is 5.73. The van der Waals surface area contributed by atoms with Crippen LogP contribution < -0.4 is 10.6 Å². The minimum absolute atomic E-state index is 0.0833. The fraction of sp³-hybridized carbons (Fsp3) is 0.560. The first-order chi connectivity index (χ1) is 17.0. The normalized spacial score (nSPS) is 21.4. The van der Waals surface area contributed by atoms with E-state index < -0.39 is 35.3 Å². The summed E-state index contributed by atoms with van der Waals surface area (Å²) in [6.07, 6.45) is 0.207. The summed E-state index contributed by atoms with van der Waals surface area (Å²) in [5.74, 6) is -2.29. The highest BCUT2D eigenvalue weighted by Gasteiger charge is 2.45. The molecule has 0 bridgehead atoms. The van der Waals surface area contributed by atoms with Crippen LogP contribution in [0.2, 0.25) is 0 Å². The number of carbonyl (C=O) groups is 5. The van der Waals surface area contributed by atoms with E-state index in [1.165, 1.54) is 0 Å². The van der Waals surface area contributed by atoms with E-state index in [2.05, 4.69) is 20.4 Å². The summed E-state index contributed by atoms with van der Waals surface area (Å²) in [6, 6.07) is 4.04. The summed E-state index contributed by atoms with van der Waals surface area (Å²) in [5, 5.41) is 5.48. The van der Waals surface area contributed by atoms with Crippen LogP contribution in [0.15, 0.2) is 18.2 Å². The second-order valence-corrected chi connectivity index (χ2v) is 10.3. The molecule has 11 nitrogen and oxygen atoms in total. The van der Waals surface area contributed by atoms with Crippen LogP contribution in [0.3, 0.4) is 0 Å². The summed E-state index contributed by atoms with van der Waals surface area (Å²) in [7, 11) is 0. The van der Waals surface area contributed by atoms with Gasteiger partial charge in [-0.2, -0.15) is 0 Å². The van der Waals surface area contributed by atoms with Crippen molar-refractivity contribution in [1.82, 2.24) is 20.0 Å². The van der Waals surface area contributed by atoms with Gasteiger partial charge in [0.05, 0.1) is 17.7 Å². The number of carbonyl (C=O) groups excluding carboxylic acids is 5. The predicted octanol–water partition coefficient (Wildman–Crippen LogP) is 0.459. The number of fused-ring (bicyclic) bond motifs is 1. The van der Waals surface area contributed by atoms with Gasteiger partial charge < -0.3 is 10.1 Å². The topological polar surface area (TPSA) is 128 Å². The molecule has 1 atom stereocenters. The van der Waals surface area contributed by atoms with Crippen LogP contribution in [0.25, 0.3) is 0 Å². The lowest BCUT2D eigenvalue weighted by Crippen LogP contribution is -2.54. The number of imide groups is 2. The van der Waals surface area contributed by atoms with Crippen LogP contribution in [-0.4, -0.2) is 102 Å². The third-order valence-corrected chi connectivity index (χ3v) is 6.45. The SMILES string of the molecule is CC(C)(C)OC(=O)CN1CCN(CCNc2cccc3c2C(=O)N(C2CCC(=O)NC2=O)C3=O)CC1. The largest absolute Gasteiger partial charge is 0.459 e. The molecule has 1 aromatic carbocycles. The van der Waals surface area contributed by atoms with Crippen LogP contribution in [0.5, 0.6) is 0 Å². The molecule has 4 rings (SSSR count). The summed E-state index contributed by atoms with van der Waals surface area (Å²) >= 11 is 0. The van der Waals surface area contributed by atoms with Crippen molar-refractivity contribution in [3.63, 3.8) is 0 Å². The van der Waals surface area contributed by atoms with E-state index in [9.17, 15) is 24.0 Å². The summed E-state index contributed by atoms with van der Waals surface area (Å²) < 4.78 is 5.39. The Balaban J connectivity index is 1.30. The standard InChI is InChI=1S/C25H33N5O6/c1-25(2,3)36-20(32)15-29-13-11-28(12-14-29)10-9-26-17-6-4-5-16-21(17)24(35)30(23(16)34)18-7-8-19(31)27-22(18)33/h4-6,18,26H,7-15H2,1-3H3,(H,27,31,33). The number of nitrogens with one attached hydrogen (secondary N) is 2. The van der Waals surface area contributed by atoms with Gasteiger partial charge in [-0.3, -0.25) is 44.0 Å². The van der Waals surface area contributed by atoms with Crippen molar-refractivity contribution in [2.24, 2.45) is 0 Å². The van der Waals surface area contributed by atoms with E-state index in [1.54, 1.807) is 18.2 Å². The van der Waals surface area contributed by atoms with E-state index >= 15 is 0 Å². The number of esters is 1. The summed E-state index contributed by atoms with van der Waals surface area (Å²) in [5.41, 5.74) is 0.566. The zero-order valence-electron chi connectivity index (χ0n) is 21.0. The predicted molar refractivity (Wildman–Crippen MR) is 130 cm³/mol. The highest BCUT2D eigenvalue weighted by Crippen LogP contribution is 2.32. The molecule has 11 heteroatoms. The number of hydrogen-bond donors (Lipinski definition) is 2. The molecule has 1 aromatic rings. The third-order valence-electron chi connectivity index (χ3n) is 6.45. The van der Waals surface area contributed by atoms with Crippen LogP contribution in [0.4, 0.5) is 5.69 Å². The fourth-order valence-corrected chi connectivity index (χ4v) is 4.74. The van der Waals surface area contributed by atoms with Gasteiger partial charge in [0.2, 0.25) is 11.8 Å². The highest BCUT2D eigenvalue weighted by molar-refractivity contribution is 6.25. The van der Waals surface area contributed by atoms with Gasteiger partial charge in [-0.15, -0.1) is 0 Å². The van der Waals surface area contributed by atoms with Gasteiger partial charge in [-0.05, 0) is 39.3 Å². The first-order valence-electron chi connectivity index (χ1n) is 12.3. The van der Waals surface area contributed by atoms with Gasteiger partial charge in [0.15, 0.2) is 0 Å². The van der Waals surface area contributed by atoms with E-state index in [1.807, 2.05) is 20.8 Å². The first-order valence-corrected chi connectivity index (χ1v) is 12.3. The average Bonchev–Trinajstić information content (AvgIpc) is 3.05. The second kappa shape index (κ2) is 10.4. The number of piperazine rings is 1. The summed E-state index contributed by atoms with van der Waals surface area (Å²) in [6.45, 7) is 10.2. The lowest BCUT2D eigenvalue weighted by molar-refractivity contribution is -0.156. The van der Waals surface area contributed by atoms with Crippen LogP contribution in [0.1, 0.15) is 54.3 Å². The van der Waals surface area contributed by atoms with Crippen LogP contribution >= 0.6 is 0 Å². The van der Waals surface area contributed by atoms with Gasteiger partial charge >= 0.3 is 5.97 Å². The molecule has 36 heavy (non-hydrogen) atoms. The average molecular weight is 500 g/mol. The molecule has 0 aliphatic carbocycles. The molecule has 3 heterocycles. The van der Waals surface area contributed by atoms with Crippen molar-refractivity contribution in [2.75, 3.05) is 51.1 Å². The molecule has 3 aliphatic rings. The molecule has 4 amide bonds. The molecule has 0 radical (unpaired) electrons. The Morgan fingerprint density at radius 3 is 2.42 bits per heavy atom. The van der Waals surface area contributed by atoms with Crippen LogP contribution in [0, 0.1) is 0 Å². The van der Waals surface area contributed by atoms with Crippen LogP contribution in [-0.2, 0) is 19.1 Å². The Morgan fingerprint density at radius 2 is 1.75 bits per heavy atom. The van der Waals surface area contributed by atoms with E-state index in [0.717, 1.165) is 37.6 Å². The number of ether oxygens (including phenoxy) is 1. The molecule has 0 saturated carbocycles. The van der Waals surface area contributed by atoms with E-state index in [-0.39, 0.29) is 36.5 Å². The maximum atomic E-state index is 13.2. The van der Waals surface area contributed by atoms with Gasteiger partial charge in [0.1, 0.15) is 11.6 Å². The minimum atomic E-state index is -0.986. The Hall–Kier alpha value is -3.31. The molecule has 0 spiro atoms. The Bertz CT molecular complexity index is 1070. The number of nitrogens with zero attached hydrogens (tertiary/aromatic N) is 3. The number of anilines is 1. The number of rotatable bonds is 7. The molecule has 194 valence electrons. The lowest BCUT2D eigenvalue weighted by Gasteiger charge is -2.34. The minimum Gasteiger partial charge on any atom is -0.459 e. The van der Waals surface area contributed by atoms with Crippen molar-refractivity contribution in [2.45, 2.75) is 45.3 Å². The molecule has 3 aliphatic heterocycles. The van der Waals surface area contributed by atoms with Crippen molar-refractivity contribution in [1.29, 1.82) is 0 Å². The maximum absolute atomic E-state index is 13.2. The number of piperidine rings is 1. The maximum Gasteiger partial charge on any atom is 0.320 e. The Labute approximate surface area is 210 Å². The molecule has 2 N–H and O–H groups in total. The van der Waals surface area contributed by atoms with Crippen molar-refractivity contribution < 1.29 is 28.7 Å². The van der Waals surface area contributed by atoms with Crippen molar-refractivity contribution in [3.8, 4) is 0 Å². The van der Waals surface area contributed by atoms with E-state index in [0.29, 0.717) is 12.2 Å². The number of benzene rings is 1. The van der Waals surface area contributed by atoms with Crippen molar-refractivity contribution in [3.05, 3.63) is 29.3 Å². The first kappa shape index (κ1) is 25.8. The molecule has 1 unspecified atom stereocenters. The molecule has 2 fully saturated rings. The quantitative estimate of drug-likeness (QED) is 0.406. The van der Waals surface area contributed by atoms with Crippen molar-refractivity contribution >= 4 is 35.3 Å². The molecule has 2 saturated heterocycles. The highest BCUT2D eigenvalue weighted by atomic mass is 16.6. The smallest absolute Gasteiger partial charge is 0.320 e. The summed E-state index contributed by atoms with van der Waals surface area (Å²) in [4.78, 5) is 67.3. The lowest BCUT2D eigenvalue weighted by atomic mass is 10.0. The number of amides is 4. The van der Waals surface area contributed by atoms with Gasteiger partial charge in [0, 0.05) is 51.4 Å². The van der Waals surface area contributed by atoms with Gasteiger partial charge in [0.25, 0.3) is 11.8 Å².